The molecule has 1 amide bonds. The molecule has 1 aromatic carbocycles. The van der Waals surface area contributed by atoms with E-state index in [1.807, 2.05) is 0 Å². The fourth-order valence-electron chi connectivity index (χ4n) is 4.69. The lowest BCUT2D eigenvalue weighted by Crippen LogP contribution is -2.46. The summed E-state index contributed by atoms with van der Waals surface area (Å²) < 4.78 is 119. The lowest BCUT2D eigenvalue weighted by molar-refractivity contribution is -0.145. The molecule has 1 N–H and O–H groups in total. The number of rotatable bonds is 6. The number of carbonyl (C=O) groups excluding carboxylic acids is 1. The van der Waals surface area contributed by atoms with E-state index in [0.29, 0.717) is 25.2 Å². The summed E-state index contributed by atoms with van der Waals surface area (Å²) in [6.45, 7) is -0.572. The summed E-state index contributed by atoms with van der Waals surface area (Å²) in [5, 5.41) is 2.40. The molecular weight excluding hydrogens is 573 g/mol. The summed E-state index contributed by atoms with van der Waals surface area (Å²) in [4.78, 5) is 25.9. The highest BCUT2D eigenvalue weighted by Crippen LogP contribution is 2.48. The Hall–Kier alpha value is -3.73. The Morgan fingerprint density at radius 1 is 0.950 bits per heavy atom. The van der Waals surface area contributed by atoms with Crippen LogP contribution in [0.5, 0.6) is 0 Å². The van der Waals surface area contributed by atoms with Gasteiger partial charge in [-0.2, -0.15) is 30.6 Å². The van der Waals surface area contributed by atoms with Gasteiger partial charge in [-0.15, -0.1) is 0 Å². The lowest BCUT2D eigenvalue weighted by atomic mass is 9.83. The molecule has 0 spiro atoms. The van der Waals surface area contributed by atoms with Crippen LogP contribution in [-0.4, -0.2) is 50.6 Å². The molecule has 1 saturated carbocycles. The first-order valence-electron chi connectivity index (χ1n) is 11.6. The van der Waals surface area contributed by atoms with E-state index in [2.05, 4.69) is 25.3 Å². The van der Waals surface area contributed by atoms with Crippen molar-refractivity contribution in [2.45, 2.75) is 48.7 Å². The van der Waals surface area contributed by atoms with Crippen molar-refractivity contribution in [1.29, 1.82) is 0 Å². The van der Waals surface area contributed by atoms with Gasteiger partial charge in [-0.1, -0.05) is 0 Å². The van der Waals surface area contributed by atoms with Crippen LogP contribution in [0.15, 0.2) is 47.6 Å². The molecular formula is C23H17F7N6O3S. The van der Waals surface area contributed by atoms with Crippen molar-refractivity contribution >= 4 is 15.9 Å². The molecule has 40 heavy (non-hydrogen) atoms. The number of carbonyl (C=O) groups is 1. The summed E-state index contributed by atoms with van der Waals surface area (Å²) >= 11 is 0. The zero-order chi connectivity index (χ0) is 29.0. The van der Waals surface area contributed by atoms with Gasteiger partial charge >= 0.3 is 12.4 Å². The number of hydrogen-bond donors (Lipinski definition) is 1. The monoisotopic (exact) mass is 590 g/mol. The fourth-order valence-corrected chi connectivity index (χ4v) is 6.54. The predicted octanol–water partition coefficient (Wildman–Crippen LogP) is 3.58. The van der Waals surface area contributed by atoms with Crippen LogP contribution in [0.1, 0.15) is 30.2 Å². The summed E-state index contributed by atoms with van der Waals surface area (Å²) in [5.74, 6) is -4.86. The van der Waals surface area contributed by atoms with E-state index in [-0.39, 0.29) is 22.1 Å². The number of benzene rings is 1. The van der Waals surface area contributed by atoms with Gasteiger partial charge in [0.1, 0.15) is 11.9 Å². The number of aromatic nitrogens is 4. The van der Waals surface area contributed by atoms with Crippen molar-refractivity contribution in [3.8, 4) is 11.3 Å². The third-order valence-corrected chi connectivity index (χ3v) is 8.51. The molecule has 2 aliphatic heterocycles. The van der Waals surface area contributed by atoms with Gasteiger partial charge in [0.2, 0.25) is 27.6 Å². The molecule has 2 aromatic heterocycles. The number of nitrogens with one attached hydrogen (secondary N) is 1. The van der Waals surface area contributed by atoms with E-state index in [0.717, 1.165) is 34.6 Å². The minimum Gasteiger partial charge on any atom is -0.349 e. The minimum absolute atomic E-state index is 0.215. The topological polar surface area (TPSA) is 118 Å². The molecule has 2 saturated heterocycles. The first-order valence-corrected chi connectivity index (χ1v) is 13.0. The number of fused-ring (bicyclic) bond motifs is 1. The van der Waals surface area contributed by atoms with Crippen LogP contribution in [0.4, 0.5) is 30.7 Å². The van der Waals surface area contributed by atoms with Crippen LogP contribution in [0, 0.1) is 11.7 Å². The average Bonchev–Trinajstić information content (AvgIpc) is 3.44. The second kappa shape index (κ2) is 9.72. The maximum atomic E-state index is 13.5. The highest BCUT2D eigenvalue weighted by Gasteiger charge is 2.58. The van der Waals surface area contributed by atoms with Gasteiger partial charge < -0.3 is 5.32 Å². The Kier molecular flexibility index (Phi) is 6.76. The minimum atomic E-state index is -5.03. The average molecular weight is 590 g/mol. The highest BCUT2D eigenvalue weighted by atomic mass is 32.2. The third-order valence-electron chi connectivity index (χ3n) is 6.57. The molecule has 2 bridgehead atoms. The zero-order valence-corrected chi connectivity index (χ0v) is 20.7. The largest absolute Gasteiger partial charge is 0.451 e. The predicted molar refractivity (Wildman–Crippen MR) is 121 cm³/mol. The summed E-state index contributed by atoms with van der Waals surface area (Å²) in [6, 6.07) is 3.49. The molecule has 0 radical (unpaired) electrons. The number of amides is 1. The van der Waals surface area contributed by atoms with Crippen molar-refractivity contribution in [2.24, 2.45) is 5.92 Å². The smallest absolute Gasteiger partial charge is 0.349 e. The van der Waals surface area contributed by atoms with Gasteiger partial charge in [-0.25, -0.2) is 32.7 Å². The summed E-state index contributed by atoms with van der Waals surface area (Å²) in [6.07, 6.45) is -7.77. The third kappa shape index (κ3) is 5.22. The Bertz CT molecular complexity index is 1540. The molecule has 4 heterocycles. The Balaban J connectivity index is 1.38. The maximum absolute atomic E-state index is 13.5. The SMILES string of the molecule is O=C(NCc1cc(-c2cnc(C(F)(F)F)nc2)nc(C(F)(F)F)n1)[C@@H]1C2CC(C2)N1S(=O)(=O)c1ccc(F)cc1. The van der Waals surface area contributed by atoms with Crippen molar-refractivity contribution < 1.29 is 43.9 Å². The number of nitrogens with zero attached hydrogens (tertiary/aromatic N) is 5. The van der Waals surface area contributed by atoms with E-state index in [4.69, 9.17) is 0 Å². The van der Waals surface area contributed by atoms with E-state index < -0.39 is 70.1 Å². The Morgan fingerprint density at radius 2 is 1.55 bits per heavy atom. The molecule has 3 aromatic rings. The van der Waals surface area contributed by atoms with Crippen LogP contribution in [-0.2, 0) is 33.7 Å². The maximum Gasteiger partial charge on any atom is 0.451 e. The second-order valence-electron chi connectivity index (χ2n) is 9.20. The van der Waals surface area contributed by atoms with Crippen LogP contribution in [0.25, 0.3) is 11.3 Å². The van der Waals surface area contributed by atoms with Crippen molar-refractivity contribution in [3.05, 3.63) is 65.9 Å². The molecule has 212 valence electrons. The molecule has 0 unspecified atom stereocenters. The zero-order valence-electron chi connectivity index (χ0n) is 19.9. The van der Waals surface area contributed by atoms with E-state index in [9.17, 15) is 43.9 Å². The first-order chi connectivity index (χ1) is 18.6. The van der Waals surface area contributed by atoms with Gasteiger partial charge in [-0.05, 0) is 49.1 Å². The van der Waals surface area contributed by atoms with Crippen molar-refractivity contribution in [3.63, 3.8) is 0 Å². The summed E-state index contributed by atoms with van der Waals surface area (Å²) in [7, 11) is -4.19. The number of halogens is 7. The Labute approximate surface area is 221 Å². The number of hydrogen-bond acceptors (Lipinski definition) is 7. The summed E-state index contributed by atoms with van der Waals surface area (Å²) in [5.41, 5.74) is -1.05. The second-order valence-corrected chi connectivity index (χ2v) is 11.0. The quantitative estimate of drug-likeness (QED) is 0.436. The van der Waals surface area contributed by atoms with Gasteiger partial charge in [0.15, 0.2) is 0 Å². The first kappa shape index (κ1) is 27.8. The molecule has 3 fully saturated rings. The van der Waals surface area contributed by atoms with E-state index in [1.165, 1.54) is 0 Å². The standard InChI is InChI=1S/C23H17F7N6O3S/c24-13-1-3-16(4-2-13)40(38,39)36-15-5-11(6-15)18(36)19(37)31-10-14-7-17(35-21(34-14)23(28,29)30)12-8-32-20(33-9-12)22(25,26)27/h1-4,7-9,11,15,18H,5-6,10H2,(H,31,37)/t11?,15?,18-/m0/s1. The lowest BCUT2D eigenvalue weighted by Gasteiger charge is -2.25. The van der Waals surface area contributed by atoms with Gasteiger partial charge in [0.25, 0.3) is 0 Å². The van der Waals surface area contributed by atoms with E-state index in [1.54, 1.807) is 0 Å². The van der Waals surface area contributed by atoms with Crippen LogP contribution < -0.4 is 5.32 Å². The van der Waals surface area contributed by atoms with Crippen LogP contribution in [0.2, 0.25) is 0 Å². The van der Waals surface area contributed by atoms with Crippen LogP contribution in [0.3, 0.4) is 0 Å². The number of sulfonamides is 1. The van der Waals surface area contributed by atoms with E-state index >= 15 is 0 Å². The van der Waals surface area contributed by atoms with Gasteiger partial charge in [-0.3, -0.25) is 4.79 Å². The normalized spacial score (nSPS) is 21.2. The fraction of sp³-hybridized carbons (Fsp3) is 0.348. The molecule has 17 heteroatoms. The van der Waals surface area contributed by atoms with Gasteiger partial charge in [0.05, 0.1) is 22.8 Å². The van der Waals surface area contributed by atoms with Gasteiger partial charge in [0, 0.05) is 24.0 Å². The molecule has 1 aliphatic carbocycles. The molecule has 6 rings (SSSR count). The Morgan fingerprint density at radius 3 is 2.12 bits per heavy atom. The number of alkyl halides is 6. The van der Waals surface area contributed by atoms with Crippen LogP contribution >= 0.6 is 0 Å². The van der Waals surface area contributed by atoms with Crippen molar-refractivity contribution in [1.82, 2.24) is 29.6 Å². The molecule has 3 aliphatic rings. The highest BCUT2D eigenvalue weighted by molar-refractivity contribution is 7.89. The molecule has 1 atom stereocenters. The molecule has 9 nitrogen and oxygen atoms in total. The van der Waals surface area contributed by atoms with Crippen molar-refractivity contribution in [2.75, 3.05) is 0 Å².